The Morgan fingerprint density at radius 2 is 1.86 bits per heavy atom. The van der Waals surface area contributed by atoms with Crippen molar-refractivity contribution in [3.05, 3.63) is 30.1 Å². The third-order valence-electron chi connectivity index (χ3n) is 7.32. The van der Waals surface area contributed by atoms with Crippen LogP contribution < -0.4 is 5.32 Å². The van der Waals surface area contributed by atoms with Gasteiger partial charge in [-0.2, -0.15) is 0 Å². The fourth-order valence-electron chi connectivity index (χ4n) is 5.21. The van der Waals surface area contributed by atoms with Crippen LogP contribution in [0.25, 0.3) is 10.9 Å². The molecule has 2 saturated carbocycles. The van der Waals surface area contributed by atoms with Crippen molar-refractivity contribution in [2.45, 2.75) is 63.5 Å². The van der Waals surface area contributed by atoms with E-state index < -0.39 is 0 Å². The minimum atomic E-state index is -0.129. The predicted molar refractivity (Wildman–Crippen MR) is 116 cm³/mol. The van der Waals surface area contributed by atoms with Crippen molar-refractivity contribution in [3.8, 4) is 11.8 Å². The summed E-state index contributed by atoms with van der Waals surface area (Å²) in [5.74, 6) is 6.60. The predicted octanol–water partition coefficient (Wildman–Crippen LogP) is 3.57. The fraction of sp³-hybridized carbons (Fsp3) is 0.583. The summed E-state index contributed by atoms with van der Waals surface area (Å²) in [6.45, 7) is 2.50. The maximum Gasteiger partial charge on any atom is 0.137 e. The van der Waals surface area contributed by atoms with E-state index in [4.69, 9.17) is 5.11 Å². The van der Waals surface area contributed by atoms with Gasteiger partial charge in [0.1, 0.15) is 18.8 Å². The van der Waals surface area contributed by atoms with Crippen LogP contribution in [0, 0.1) is 17.3 Å². The molecule has 2 aliphatic carbocycles. The van der Waals surface area contributed by atoms with Crippen LogP contribution in [0.2, 0.25) is 0 Å². The summed E-state index contributed by atoms with van der Waals surface area (Å²) in [5.41, 5.74) is 2.57. The minimum Gasteiger partial charge on any atom is -0.384 e. The summed E-state index contributed by atoms with van der Waals surface area (Å²) in [6.07, 6.45) is 12.4. The molecule has 5 rings (SSSR count). The average molecular weight is 391 g/mol. The summed E-state index contributed by atoms with van der Waals surface area (Å²) in [4.78, 5) is 11.7. The lowest BCUT2D eigenvalue weighted by Gasteiger charge is -2.41. The van der Waals surface area contributed by atoms with Crippen molar-refractivity contribution in [3.63, 3.8) is 0 Å². The van der Waals surface area contributed by atoms with Crippen LogP contribution >= 0.6 is 0 Å². The molecule has 2 aromatic rings. The maximum atomic E-state index is 8.94. The normalized spacial score (nSPS) is 26.1. The van der Waals surface area contributed by atoms with Crippen LogP contribution in [0.1, 0.15) is 56.9 Å². The molecule has 5 heteroatoms. The molecule has 1 spiro atoms. The zero-order valence-electron chi connectivity index (χ0n) is 17.0. The Bertz CT molecular complexity index is 925. The van der Waals surface area contributed by atoms with Gasteiger partial charge in [-0.15, -0.1) is 0 Å². The van der Waals surface area contributed by atoms with Crippen LogP contribution in [0.5, 0.6) is 0 Å². The third-order valence-corrected chi connectivity index (χ3v) is 7.32. The van der Waals surface area contributed by atoms with E-state index >= 15 is 0 Å². The Labute approximate surface area is 172 Å². The van der Waals surface area contributed by atoms with E-state index in [2.05, 4.69) is 32.0 Å². The van der Waals surface area contributed by atoms with Gasteiger partial charge in [0, 0.05) is 23.0 Å². The minimum absolute atomic E-state index is 0.129. The molecule has 1 aromatic heterocycles. The molecular weight excluding hydrogens is 360 g/mol. The Morgan fingerprint density at radius 3 is 2.59 bits per heavy atom. The number of fused-ring (bicyclic) bond motifs is 1. The number of benzene rings is 1. The summed E-state index contributed by atoms with van der Waals surface area (Å²) in [6, 6.07) is 7.18. The Morgan fingerprint density at radius 1 is 1.07 bits per heavy atom. The topological polar surface area (TPSA) is 61.3 Å². The van der Waals surface area contributed by atoms with E-state index in [0.29, 0.717) is 6.04 Å². The Kier molecular flexibility index (Phi) is 5.15. The standard InChI is InChI=1S/C24H30N4O/c29-15-1-2-18-3-8-22-21(16-18)23(26-17-25-22)27-19-4-6-20(7-5-19)28-13-11-24(9-10-24)12-14-28/h3,8,16-17,19-20,29H,4-7,9-15H2,(H,25,26,27)/t19-,20-. The monoisotopic (exact) mass is 390 g/mol. The number of aliphatic hydroxyl groups is 1. The number of hydrogen-bond acceptors (Lipinski definition) is 5. The highest BCUT2D eigenvalue weighted by Gasteiger charge is 2.45. The number of nitrogens with zero attached hydrogens (tertiary/aromatic N) is 3. The lowest BCUT2D eigenvalue weighted by Crippen LogP contribution is -2.45. The Hall–Kier alpha value is -2.16. The second-order valence-corrected chi connectivity index (χ2v) is 9.10. The molecule has 2 N–H and O–H groups in total. The van der Waals surface area contributed by atoms with Gasteiger partial charge in [0.05, 0.1) is 5.52 Å². The first-order chi connectivity index (χ1) is 14.2. The van der Waals surface area contributed by atoms with E-state index in [1.54, 1.807) is 6.33 Å². The Balaban J connectivity index is 1.22. The first-order valence-corrected chi connectivity index (χ1v) is 11.1. The molecule has 5 nitrogen and oxygen atoms in total. The summed E-state index contributed by atoms with van der Waals surface area (Å²) >= 11 is 0. The highest BCUT2D eigenvalue weighted by Crippen LogP contribution is 2.54. The maximum absolute atomic E-state index is 8.94. The second kappa shape index (κ2) is 7.93. The quantitative estimate of drug-likeness (QED) is 0.785. The van der Waals surface area contributed by atoms with Crippen molar-refractivity contribution >= 4 is 16.7 Å². The smallest absolute Gasteiger partial charge is 0.137 e. The molecular formula is C24H30N4O. The van der Waals surface area contributed by atoms with E-state index in [-0.39, 0.29) is 6.61 Å². The van der Waals surface area contributed by atoms with Gasteiger partial charge >= 0.3 is 0 Å². The zero-order chi connectivity index (χ0) is 19.7. The van der Waals surface area contributed by atoms with Gasteiger partial charge in [0.15, 0.2) is 0 Å². The number of anilines is 1. The van der Waals surface area contributed by atoms with Gasteiger partial charge < -0.3 is 15.3 Å². The van der Waals surface area contributed by atoms with Gasteiger partial charge in [-0.25, -0.2) is 9.97 Å². The molecule has 3 aliphatic rings. The van der Waals surface area contributed by atoms with Crippen LogP contribution in [-0.2, 0) is 0 Å². The molecule has 152 valence electrons. The molecule has 0 radical (unpaired) electrons. The number of hydrogen-bond donors (Lipinski definition) is 2. The molecule has 0 amide bonds. The van der Waals surface area contributed by atoms with Crippen LogP contribution in [-0.4, -0.2) is 51.8 Å². The number of piperidine rings is 1. The van der Waals surface area contributed by atoms with Gasteiger partial charge in [-0.1, -0.05) is 11.8 Å². The lowest BCUT2D eigenvalue weighted by atomic mass is 9.86. The SMILES string of the molecule is OCC#Cc1ccc2ncnc(N[C@H]3CC[C@H](N4CCC5(CC4)CC5)CC3)c2c1. The first kappa shape index (κ1) is 18.8. The van der Waals surface area contributed by atoms with Gasteiger partial charge in [0.2, 0.25) is 0 Å². The molecule has 3 fully saturated rings. The molecule has 2 heterocycles. The van der Waals surface area contributed by atoms with Crippen molar-refractivity contribution in [2.75, 3.05) is 25.0 Å². The number of nitrogens with one attached hydrogen (secondary N) is 1. The van der Waals surface area contributed by atoms with E-state index in [1.165, 1.54) is 64.5 Å². The molecule has 1 aliphatic heterocycles. The van der Waals surface area contributed by atoms with Crippen LogP contribution in [0.4, 0.5) is 5.82 Å². The van der Waals surface area contributed by atoms with Gasteiger partial charge in [-0.3, -0.25) is 0 Å². The number of aromatic nitrogens is 2. The van der Waals surface area contributed by atoms with E-state index in [0.717, 1.165) is 33.7 Å². The number of aliphatic hydroxyl groups excluding tert-OH is 1. The highest BCUT2D eigenvalue weighted by atomic mass is 16.2. The average Bonchev–Trinajstić information content (AvgIpc) is 3.52. The van der Waals surface area contributed by atoms with Crippen molar-refractivity contribution < 1.29 is 5.11 Å². The summed E-state index contributed by atoms with van der Waals surface area (Å²) in [5, 5.41) is 13.6. The van der Waals surface area contributed by atoms with Crippen LogP contribution in [0.3, 0.4) is 0 Å². The summed E-state index contributed by atoms with van der Waals surface area (Å²) in [7, 11) is 0. The first-order valence-electron chi connectivity index (χ1n) is 11.1. The molecule has 0 unspecified atom stereocenters. The van der Waals surface area contributed by atoms with Crippen molar-refractivity contribution in [1.82, 2.24) is 14.9 Å². The highest BCUT2D eigenvalue weighted by molar-refractivity contribution is 5.90. The molecule has 1 aromatic carbocycles. The number of likely N-dealkylation sites (tertiary alicyclic amines) is 1. The third kappa shape index (κ3) is 4.10. The fourth-order valence-corrected chi connectivity index (χ4v) is 5.21. The van der Waals surface area contributed by atoms with E-state index in [1.807, 2.05) is 18.2 Å². The summed E-state index contributed by atoms with van der Waals surface area (Å²) < 4.78 is 0. The van der Waals surface area contributed by atoms with E-state index in [9.17, 15) is 0 Å². The van der Waals surface area contributed by atoms with Gasteiger partial charge in [0.25, 0.3) is 0 Å². The zero-order valence-corrected chi connectivity index (χ0v) is 17.0. The molecule has 1 saturated heterocycles. The molecule has 0 bridgehead atoms. The molecule has 29 heavy (non-hydrogen) atoms. The lowest BCUT2D eigenvalue weighted by molar-refractivity contribution is 0.0975. The van der Waals surface area contributed by atoms with Crippen molar-refractivity contribution in [1.29, 1.82) is 0 Å². The largest absolute Gasteiger partial charge is 0.384 e. The van der Waals surface area contributed by atoms with Gasteiger partial charge in [-0.05, 0) is 88.1 Å². The van der Waals surface area contributed by atoms with Crippen molar-refractivity contribution in [2.24, 2.45) is 5.41 Å². The second-order valence-electron chi connectivity index (χ2n) is 9.10. The molecule has 0 atom stereocenters. The van der Waals surface area contributed by atoms with Crippen LogP contribution in [0.15, 0.2) is 24.5 Å². The number of rotatable bonds is 3.